The van der Waals surface area contributed by atoms with Crippen LogP contribution in [0.15, 0.2) is 12.4 Å². The molecule has 5 heteroatoms. The number of hydrogen-bond donors (Lipinski definition) is 1. The standard InChI is InChI=1S/C15H23N5/c1-11(2)8-15(5-4-6-15)9-16-13-7-12(3)19-20-10-17-18-14(13)20/h7,10-11,16H,4-6,8-9H2,1-3H3. The Morgan fingerprint density at radius 3 is 2.85 bits per heavy atom. The van der Waals surface area contributed by atoms with Gasteiger partial charge < -0.3 is 5.32 Å². The molecule has 0 unspecified atom stereocenters. The predicted molar refractivity (Wildman–Crippen MR) is 79.7 cm³/mol. The highest BCUT2D eigenvalue weighted by Gasteiger charge is 2.37. The second-order valence-corrected chi connectivity index (χ2v) is 6.60. The highest BCUT2D eigenvalue weighted by Crippen LogP contribution is 2.46. The van der Waals surface area contributed by atoms with Crippen LogP contribution in [0.1, 0.15) is 45.2 Å². The molecule has 0 atom stereocenters. The van der Waals surface area contributed by atoms with Gasteiger partial charge in [0.15, 0.2) is 0 Å². The van der Waals surface area contributed by atoms with Gasteiger partial charge in [-0.2, -0.15) is 9.61 Å². The van der Waals surface area contributed by atoms with E-state index in [0.717, 1.165) is 29.5 Å². The van der Waals surface area contributed by atoms with Gasteiger partial charge in [0.25, 0.3) is 0 Å². The molecule has 1 aliphatic carbocycles. The van der Waals surface area contributed by atoms with Gasteiger partial charge in [0, 0.05) is 6.54 Å². The molecule has 0 spiro atoms. The smallest absolute Gasteiger partial charge is 0.200 e. The van der Waals surface area contributed by atoms with E-state index in [2.05, 4.69) is 40.5 Å². The normalized spacial score (nSPS) is 17.4. The summed E-state index contributed by atoms with van der Waals surface area (Å²) in [6, 6.07) is 2.06. The molecular weight excluding hydrogens is 250 g/mol. The first-order valence-electron chi connectivity index (χ1n) is 7.50. The maximum absolute atomic E-state index is 4.37. The summed E-state index contributed by atoms with van der Waals surface area (Å²) in [5.74, 6) is 0.754. The van der Waals surface area contributed by atoms with Gasteiger partial charge in [-0.05, 0) is 43.6 Å². The van der Waals surface area contributed by atoms with E-state index in [1.165, 1.54) is 25.7 Å². The highest BCUT2D eigenvalue weighted by molar-refractivity contribution is 5.66. The number of aryl methyl sites for hydroxylation is 1. The van der Waals surface area contributed by atoms with Gasteiger partial charge in [-0.1, -0.05) is 20.3 Å². The molecule has 5 nitrogen and oxygen atoms in total. The molecule has 1 saturated carbocycles. The molecule has 2 aromatic heterocycles. The molecule has 2 heterocycles. The first-order valence-corrected chi connectivity index (χ1v) is 7.50. The Hall–Kier alpha value is -1.65. The van der Waals surface area contributed by atoms with Crippen LogP contribution in [0.5, 0.6) is 0 Å². The van der Waals surface area contributed by atoms with E-state index in [4.69, 9.17) is 0 Å². The van der Waals surface area contributed by atoms with E-state index in [1.807, 2.05) is 6.92 Å². The molecule has 1 aliphatic rings. The van der Waals surface area contributed by atoms with Crippen LogP contribution in [-0.4, -0.2) is 26.4 Å². The molecule has 0 aliphatic heterocycles. The van der Waals surface area contributed by atoms with Crippen molar-refractivity contribution in [1.29, 1.82) is 0 Å². The van der Waals surface area contributed by atoms with Gasteiger partial charge in [0.05, 0.1) is 11.4 Å². The second kappa shape index (κ2) is 5.04. The molecule has 2 aromatic rings. The van der Waals surface area contributed by atoms with Crippen molar-refractivity contribution in [3.05, 3.63) is 18.1 Å². The van der Waals surface area contributed by atoms with Gasteiger partial charge in [-0.25, -0.2) is 0 Å². The molecule has 1 fully saturated rings. The predicted octanol–water partition coefficient (Wildman–Crippen LogP) is 3.06. The van der Waals surface area contributed by atoms with Gasteiger partial charge >= 0.3 is 0 Å². The number of fused-ring (bicyclic) bond motifs is 1. The summed E-state index contributed by atoms with van der Waals surface area (Å²) in [7, 11) is 0. The Morgan fingerprint density at radius 2 is 2.20 bits per heavy atom. The van der Waals surface area contributed by atoms with Crippen LogP contribution in [0.4, 0.5) is 5.69 Å². The lowest BCUT2D eigenvalue weighted by Crippen LogP contribution is -2.37. The van der Waals surface area contributed by atoms with Crippen LogP contribution in [0, 0.1) is 18.3 Å². The van der Waals surface area contributed by atoms with E-state index in [9.17, 15) is 0 Å². The number of nitrogens with zero attached hydrogens (tertiary/aromatic N) is 4. The van der Waals surface area contributed by atoms with Crippen LogP contribution in [0.3, 0.4) is 0 Å². The SMILES string of the molecule is Cc1cc(NCC2(CC(C)C)CCC2)c2nncn2n1. The van der Waals surface area contributed by atoms with Crippen molar-refractivity contribution in [2.24, 2.45) is 11.3 Å². The van der Waals surface area contributed by atoms with E-state index in [-0.39, 0.29) is 0 Å². The zero-order valence-electron chi connectivity index (χ0n) is 12.6. The third kappa shape index (κ3) is 2.49. The fraction of sp³-hybridized carbons (Fsp3) is 0.667. The molecule has 0 aromatic carbocycles. The lowest BCUT2D eigenvalue weighted by molar-refractivity contribution is 0.117. The Morgan fingerprint density at radius 1 is 1.40 bits per heavy atom. The minimum Gasteiger partial charge on any atom is -0.381 e. The molecule has 108 valence electrons. The Balaban J connectivity index is 1.78. The van der Waals surface area contributed by atoms with E-state index >= 15 is 0 Å². The topological polar surface area (TPSA) is 55.1 Å². The highest BCUT2D eigenvalue weighted by atomic mass is 15.3. The van der Waals surface area contributed by atoms with Crippen molar-refractivity contribution >= 4 is 11.3 Å². The molecule has 20 heavy (non-hydrogen) atoms. The monoisotopic (exact) mass is 273 g/mol. The van der Waals surface area contributed by atoms with E-state index in [1.54, 1.807) is 10.8 Å². The average Bonchev–Trinajstić information content (AvgIpc) is 2.79. The first-order chi connectivity index (χ1) is 9.58. The quantitative estimate of drug-likeness (QED) is 0.909. The summed E-state index contributed by atoms with van der Waals surface area (Å²) >= 11 is 0. The fourth-order valence-corrected chi connectivity index (χ4v) is 3.36. The molecule has 0 radical (unpaired) electrons. The van der Waals surface area contributed by atoms with Gasteiger partial charge in [0.2, 0.25) is 5.65 Å². The summed E-state index contributed by atoms with van der Waals surface area (Å²) in [4.78, 5) is 0. The number of rotatable bonds is 5. The van der Waals surface area contributed by atoms with Crippen molar-refractivity contribution in [1.82, 2.24) is 19.8 Å². The van der Waals surface area contributed by atoms with E-state index < -0.39 is 0 Å². The number of nitrogens with one attached hydrogen (secondary N) is 1. The van der Waals surface area contributed by atoms with Crippen molar-refractivity contribution in [2.45, 2.75) is 46.5 Å². The number of anilines is 1. The van der Waals surface area contributed by atoms with Crippen molar-refractivity contribution < 1.29 is 0 Å². The summed E-state index contributed by atoms with van der Waals surface area (Å²) in [5, 5.41) is 16.1. The third-order valence-corrected chi connectivity index (χ3v) is 4.30. The molecular formula is C15H23N5. The summed E-state index contributed by atoms with van der Waals surface area (Å²) in [5.41, 5.74) is 3.31. The summed E-state index contributed by atoms with van der Waals surface area (Å²) in [6.45, 7) is 7.65. The van der Waals surface area contributed by atoms with Crippen LogP contribution >= 0.6 is 0 Å². The molecule has 0 saturated heterocycles. The number of hydrogen-bond acceptors (Lipinski definition) is 4. The second-order valence-electron chi connectivity index (χ2n) is 6.60. The van der Waals surface area contributed by atoms with Crippen LogP contribution < -0.4 is 5.32 Å². The number of aromatic nitrogens is 4. The van der Waals surface area contributed by atoms with Crippen LogP contribution in [-0.2, 0) is 0 Å². The molecule has 0 bridgehead atoms. The Labute approximate surface area is 119 Å². The van der Waals surface area contributed by atoms with Crippen LogP contribution in [0.2, 0.25) is 0 Å². The Bertz CT molecular complexity index is 597. The zero-order valence-corrected chi connectivity index (χ0v) is 12.6. The van der Waals surface area contributed by atoms with Crippen molar-refractivity contribution in [3.8, 4) is 0 Å². The molecule has 1 N–H and O–H groups in total. The zero-order chi connectivity index (χ0) is 14.2. The maximum atomic E-state index is 4.37. The van der Waals surface area contributed by atoms with Crippen LogP contribution in [0.25, 0.3) is 5.65 Å². The van der Waals surface area contributed by atoms with Gasteiger partial charge in [0.1, 0.15) is 6.33 Å². The first kappa shape index (κ1) is 13.3. The van der Waals surface area contributed by atoms with Crippen molar-refractivity contribution in [3.63, 3.8) is 0 Å². The summed E-state index contributed by atoms with van der Waals surface area (Å²) in [6.07, 6.45) is 6.99. The summed E-state index contributed by atoms with van der Waals surface area (Å²) < 4.78 is 1.74. The molecule has 3 rings (SSSR count). The lowest BCUT2D eigenvalue weighted by Gasteiger charge is -2.43. The van der Waals surface area contributed by atoms with Crippen molar-refractivity contribution in [2.75, 3.05) is 11.9 Å². The maximum Gasteiger partial charge on any atom is 0.200 e. The van der Waals surface area contributed by atoms with Gasteiger partial charge in [-0.3, -0.25) is 0 Å². The minimum absolute atomic E-state index is 0.475. The van der Waals surface area contributed by atoms with Gasteiger partial charge in [-0.15, -0.1) is 10.2 Å². The average molecular weight is 273 g/mol. The Kier molecular flexibility index (Phi) is 3.36. The minimum atomic E-state index is 0.475. The lowest BCUT2D eigenvalue weighted by atomic mass is 9.64. The largest absolute Gasteiger partial charge is 0.381 e. The fourth-order valence-electron chi connectivity index (χ4n) is 3.36. The van der Waals surface area contributed by atoms with E-state index in [0.29, 0.717) is 5.41 Å². The third-order valence-electron chi connectivity index (χ3n) is 4.30. The molecule has 0 amide bonds.